The van der Waals surface area contributed by atoms with Crippen molar-refractivity contribution in [2.45, 2.75) is 13.1 Å². The molecule has 0 unspecified atom stereocenters. The Morgan fingerprint density at radius 1 is 1.41 bits per heavy atom. The van der Waals surface area contributed by atoms with Crippen molar-refractivity contribution in [3.8, 4) is 5.75 Å². The zero-order valence-electron chi connectivity index (χ0n) is 9.56. The van der Waals surface area contributed by atoms with Gasteiger partial charge in [-0.15, -0.1) is 0 Å². The van der Waals surface area contributed by atoms with E-state index in [4.69, 9.17) is 10.5 Å². The van der Waals surface area contributed by atoms with Crippen LogP contribution in [0.25, 0.3) is 0 Å². The minimum Gasteiger partial charge on any atom is -0.494 e. The lowest BCUT2D eigenvalue weighted by atomic mass is 10.2. The van der Waals surface area contributed by atoms with Gasteiger partial charge in [0, 0.05) is 18.3 Å². The normalized spacial score (nSPS) is 10.5. The Hall–Kier alpha value is -1.88. The third kappa shape index (κ3) is 2.29. The second-order valence-corrected chi connectivity index (χ2v) is 3.62. The van der Waals surface area contributed by atoms with E-state index in [2.05, 4.69) is 5.10 Å². The summed E-state index contributed by atoms with van der Waals surface area (Å²) in [5.74, 6) is -0.113. The predicted molar refractivity (Wildman–Crippen MR) is 62.2 cm³/mol. The minimum absolute atomic E-state index is 0.240. The van der Waals surface area contributed by atoms with Crippen LogP contribution < -0.4 is 10.5 Å². The van der Waals surface area contributed by atoms with Gasteiger partial charge in [0.25, 0.3) is 0 Å². The van der Waals surface area contributed by atoms with E-state index in [-0.39, 0.29) is 11.6 Å². The molecule has 0 aliphatic rings. The van der Waals surface area contributed by atoms with Gasteiger partial charge >= 0.3 is 0 Å². The van der Waals surface area contributed by atoms with Crippen molar-refractivity contribution in [1.29, 1.82) is 0 Å². The Morgan fingerprint density at radius 2 is 2.24 bits per heavy atom. The van der Waals surface area contributed by atoms with Gasteiger partial charge in [0.1, 0.15) is 0 Å². The molecule has 0 aliphatic carbocycles. The fourth-order valence-corrected chi connectivity index (χ4v) is 1.67. The molecule has 1 heterocycles. The van der Waals surface area contributed by atoms with Crippen LogP contribution in [0, 0.1) is 5.82 Å². The maximum atomic E-state index is 13.9. The Labute approximate surface area is 98.8 Å². The summed E-state index contributed by atoms with van der Waals surface area (Å²) in [7, 11) is 1.45. The molecular weight excluding hydrogens is 221 g/mol. The molecule has 2 N–H and O–H groups in total. The summed E-state index contributed by atoms with van der Waals surface area (Å²) in [5.41, 5.74) is 6.96. The lowest BCUT2D eigenvalue weighted by Crippen LogP contribution is -2.11. The molecule has 2 aromatic rings. The number of hydrogen-bond acceptors (Lipinski definition) is 3. The second-order valence-electron chi connectivity index (χ2n) is 3.62. The van der Waals surface area contributed by atoms with Crippen molar-refractivity contribution >= 4 is 0 Å². The average Bonchev–Trinajstić information content (AvgIpc) is 2.79. The molecular formula is C12H14FN3O. The summed E-state index contributed by atoms with van der Waals surface area (Å²) in [6, 6.07) is 6.87. The molecule has 0 spiro atoms. The van der Waals surface area contributed by atoms with Gasteiger partial charge in [-0.2, -0.15) is 5.10 Å². The topological polar surface area (TPSA) is 53.1 Å². The average molecular weight is 235 g/mol. The predicted octanol–water partition coefficient (Wildman–Crippen LogP) is 1.54. The van der Waals surface area contributed by atoms with E-state index in [0.29, 0.717) is 18.7 Å². The Bertz CT molecular complexity index is 510. The van der Waals surface area contributed by atoms with Gasteiger partial charge in [0.2, 0.25) is 0 Å². The number of methoxy groups -OCH3 is 1. The summed E-state index contributed by atoms with van der Waals surface area (Å²) in [5, 5.41) is 4.11. The van der Waals surface area contributed by atoms with Gasteiger partial charge in [0.05, 0.1) is 19.3 Å². The summed E-state index contributed by atoms with van der Waals surface area (Å²) in [6.07, 6.45) is 1.65. The largest absolute Gasteiger partial charge is 0.494 e. The van der Waals surface area contributed by atoms with E-state index in [0.717, 1.165) is 5.69 Å². The number of nitrogens with two attached hydrogens (primary N) is 1. The lowest BCUT2D eigenvalue weighted by Gasteiger charge is -2.09. The quantitative estimate of drug-likeness (QED) is 0.874. The number of benzene rings is 1. The molecule has 90 valence electrons. The molecule has 4 nitrogen and oxygen atoms in total. The van der Waals surface area contributed by atoms with Gasteiger partial charge in [-0.25, -0.2) is 4.39 Å². The smallest absolute Gasteiger partial charge is 0.170 e. The third-order valence-electron chi connectivity index (χ3n) is 2.60. The molecule has 17 heavy (non-hydrogen) atoms. The molecule has 2 rings (SSSR count). The molecule has 0 bridgehead atoms. The van der Waals surface area contributed by atoms with Crippen molar-refractivity contribution in [3.63, 3.8) is 0 Å². The zero-order chi connectivity index (χ0) is 12.3. The lowest BCUT2D eigenvalue weighted by molar-refractivity contribution is 0.383. The van der Waals surface area contributed by atoms with Crippen LogP contribution in [-0.2, 0) is 13.1 Å². The number of aromatic nitrogens is 2. The highest BCUT2D eigenvalue weighted by Crippen LogP contribution is 2.20. The van der Waals surface area contributed by atoms with Crippen molar-refractivity contribution < 1.29 is 9.13 Å². The molecule has 1 aromatic carbocycles. The summed E-state index contributed by atoms with van der Waals surface area (Å²) in [4.78, 5) is 0. The number of halogens is 1. The number of rotatable bonds is 4. The maximum absolute atomic E-state index is 13.9. The second kappa shape index (κ2) is 4.97. The molecule has 0 aliphatic heterocycles. The first-order valence-electron chi connectivity index (χ1n) is 5.28. The Balaban J connectivity index is 2.30. The number of hydrogen-bond donors (Lipinski definition) is 1. The molecule has 0 radical (unpaired) electrons. The van der Waals surface area contributed by atoms with Crippen molar-refractivity contribution in [3.05, 3.63) is 47.5 Å². The molecule has 0 amide bonds. The monoisotopic (exact) mass is 235 g/mol. The van der Waals surface area contributed by atoms with Gasteiger partial charge in [-0.1, -0.05) is 12.1 Å². The molecule has 0 saturated heterocycles. The minimum atomic E-state index is -0.353. The van der Waals surface area contributed by atoms with Gasteiger partial charge in [-0.05, 0) is 12.1 Å². The van der Waals surface area contributed by atoms with E-state index in [1.807, 2.05) is 6.07 Å². The summed E-state index contributed by atoms with van der Waals surface area (Å²) < 4.78 is 20.5. The third-order valence-corrected chi connectivity index (χ3v) is 2.60. The highest BCUT2D eigenvalue weighted by molar-refractivity contribution is 5.31. The number of nitrogens with zero attached hydrogens (tertiary/aromatic N) is 2. The zero-order valence-corrected chi connectivity index (χ0v) is 9.56. The molecule has 0 fully saturated rings. The first-order valence-corrected chi connectivity index (χ1v) is 5.28. The van der Waals surface area contributed by atoms with Crippen LogP contribution in [-0.4, -0.2) is 16.9 Å². The molecule has 0 saturated carbocycles. The summed E-state index contributed by atoms with van der Waals surface area (Å²) >= 11 is 0. The first-order chi connectivity index (χ1) is 8.26. The van der Waals surface area contributed by atoms with Crippen LogP contribution in [0.15, 0.2) is 30.5 Å². The van der Waals surface area contributed by atoms with Gasteiger partial charge in [0.15, 0.2) is 11.6 Å². The number of ether oxygens (including phenoxy) is 1. The van der Waals surface area contributed by atoms with Crippen LogP contribution in [0.1, 0.15) is 11.3 Å². The van der Waals surface area contributed by atoms with Crippen LogP contribution in [0.3, 0.4) is 0 Å². The van der Waals surface area contributed by atoms with Crippen LogP contribution in [0.5, 0.6) is 5.75 Å². The van der Waals surface area contributed by atoms with Crippen LogP contribution in [0.4, 0.5) is 4.39 Å². The fourth-order valence-electron chi connectivity index (χ4n) is 1.67. The van der Waals surface area contributed by atoms with Gasteiger partial charge < -0.3 is 10.5 Å². The van der Waals surface area contributed by atoms with E-state index in [1.165, 1.54) is 7.11 Å². The van der Waals surface area contributed by atoms with Crippen LogP contribution in [0.2, 0.25) is 0 Å². The fraction of sp³-hybridized carbons (Fsp3) is 0.250. The van der Waals surface area contributed by atoms with Crippen molar-refractivity contribution in [2.24, 2.45) is 5.73 Å². The molecule has 0 atom stereocenters. The molecule has 1 aromatic heterocycles. The first kappa shape index (κ1) is 11.6. The van der Waals surface area contributed by atoms with Gasteiger partial charge in [-0.3, -0.25) is 4.68 Å². The Morgan fingerprint density at radius 3 is 2.94 bits per heavy atom. The standard InChI is InChI=1S/C12H14FN3O/c1-17-11-4-2-3-9(12(11)13)8-16-10(7-14)5-6-15-16/h2-6H,7-8,14H2,1H3. The van der Waals surface area contributed by atoms with E-state index in [9.17, 15) is 4.39 Å². The van der Waals surface area contributed by atoms with E-state index >= 15 is 0 Å². The Kier molecular flexibility index (Phi) is 3.39. The van der Waals surface area contributed by atoms with Crippen molar-refractivity contribution in [2.75, 3.05) is 7.11 Å². The molecule has 5 heteroatoms. The van der Waals surface area contributed by atoms with E-state index < -0.39 is 0 Å². The van der Waals surface area contributed by atoms with E-state index in [1.54, 1.807) is 29.1 Å². The van der Waals surface area contributed by atoms with Crippen LogP contribution >= 0.6 is 0 Å². The van der Waals surface area contributed by atoms with Crippen molar-refractivity contribution in [1.82, 2.24) is 9.78 Å². The highest BCUT2D eigenvalue weighted by Gasteiger charge is 2.10. The maximum Gasteiger partial charge on any atom is 0.170 e. The highest BCUT2D eigenvalue weighted by atomic mass is 19.1. The summed E-state index contributed by atoms with van der Waals surface area (Å²) in [6.45, 7) is 0.730. The SMILES string of the molecule is COc1cccc(Cn2nccc2CN)c1F.